The molecule has 2 aliphatic carbocycles. The van der Waals surface area contributed by atoms with E-state index >= 15 is 0 Å². The van der Waals surface area contributed by atoms with Crippen molar-refractivity contribution >= 4 is 60.0 Å². The molecule has 0 spiro atoms. The number of nitrogens with zero attached hydrogens (tertiary/aromatic N) is 4. The van der Waals surface area contributed by atoms with Gasteiger partial charge in [-0.05, 0) is 46.5 Å². The van der Waals surface area contributed by atoms with Crippen LogP contribution in [0.4, 0.5) is 0 Å². The first kappa shape index (κ1) is 33.4. The van der Waals surface area contributed by atoms with Gasteiger partial charge in [0.05, 0.1) is 11.2 Å². The van der Waals surface area contributed by atoms with Crippen LogP contribution in [0, 0.1) is 5.92 Å². The number of hydrogen-bond donors (Lipinski definition) is 0. The molecule has 0 saturated carbocycles. The van der Waals surface area contributed by atoms with E-state index in [1.54, 1.807) is 0 Å². The van der Waals surface area contributed by atoms with Crippen LogP contribution in [0.5, 0.6) is 0 Å². The zero-order valence-corrected chi connectivity index (χ0v) is 31.9. The molecule has 0 amide bonds. The Hall–Kier alpha value is -7.76. The van der Waals surface area contributed by atoms with Gasteiger partial charge >= 0.3 is 0 Å². The Labute approximate surface area is 340 Å². The number of fused-ring (bicyclic) bond motifs is 8. The highest BCUT2D eigenvalue weighted by molar-refractivity contribution is 6.27. The Bertz CT molecular complexity index is 3460. The summed E-state index contributed by atoms with van der Waals surface area (Å²) in [6.07, 6.45) is 14.1. The molecular weight excluding hydrogens is 721 g/mol. The van der Waals surface area contributed by atoms with Gasteiger partial charge in [-0.15, -0.1) is 0 Å². The van der Waals surface area contributed by atoms with E-state index in [1.165, 1.54) is 5.57 Å². The average Bonchev–Trinajstić information content (AvgIpc) is 3.68. The van der Waals surface area contributed by atoms with Crippen molar-refractivity contribution in [2.75, 3.05) is 0 Å². The number of aromatic nitrogens is 4. The second kappa shape index (κ2) is 13.4. The molecule has 1 atom stereocenters. The van der Waals surface area contributed by atoms with Crippen LogP contribution >= 0.6 is 0 Å². The predicted molar refractivity (Wildman–Crippen MR) is 242 cm³/mol. The predicted octanol–water partition coefficient (Wildman–Crippen LogP) is 13.7. The first-order chi connectivity index (χ1) is 29.2. The minimum Gasteiger partial charge on any atom is -0.456 e. The van der Waals surface area contributed by atoms with Crippen molar-refractivity contribution in [1.82, 2.24) is 19.9 Å². The van der Waals surface area contributed by atoms with E-state index in [-0.39, 0.29) is 0 Å². The summed E-state index contributed by atoms with van der Waals surface area (Å²) >= 11 is 0. The summed E-state index contributed by atoms with van der Waals surface area (Å²) in [5.74, 6) is 2.25. The second-order valence-corrected chi connectivity index (χ2v) is 15.3. The van der Waals surface area contributed by atoms with Crippen molar-refractivity contribution in [3.05, 3.63) is 200 Å². The molecule has 1 unspecified atom stereocenters. The first-order valence-electron chi connectivity index (χ1n) is 20.1. The maximum atomic E-state index is 6.64. The Kier molecular flexibility index (Phi) is 7.60. The molecule has 7 aromatic carbocycles. The molecule has 3 heterocycles. The lowest BCUT2D eigenvalue weighted by Crippen LogP contribution is -2.10. The van der Waals surface area contributed by atoms with Gasteiger partial charge in [-0.1, -0.05) is 170 Å². The van der Waals surface area contributed by atoms with Gasteiger partial charge in [0.25, 0.3) is 0 Å². The summed E-state index contributed by atoms with van der Waals surface area (Å²) in [6.45, 7) is 0. The van der Waals surface area contributed by atoms with Gasteiger partial charge in [-0.3, -0.25) is 0 Å². The fourth-order valence-electron chi connectivity index (χ4n) is 9.09. The van der Waals surface area contributed by atoms with E-state index in [9.17, 15) is 0 Å². The van der Waals surface area contributed by atoms with Crippen LogP contribution in [-0.2, 0) is 0 Å². The average molecular weight is 755 g/mol. The lowest BCUT2D eigenvalue weighted by molar-refractivity contribution is 0.669. The zero-order chi connectivity index (χ0) is 38.9. The van der Waals surface area contributed by atoms with Gasteiger partial charge in [-0.2, -0.15) is 0 Å². The highest BCUT2D eigenvalue weighted by Gasteiger charge is 2.24. The second-order valence-electron chi connectivity index (χ2n) is 15.3. The molecule has 12 rings (SSSR count). The number of para-hydroxylation sites is 2. The number of allylic oxidation sites excluding steroid dienone is 8. The van der Waals surface area contributed by atoms with Crippen LogP contribution in [-0.4, -0.2) is 19.9 Å². The highest BCUT2D eigenvalue weighted by Crippen LogP contribution is 2.46. The van der Waals surface area contributed by atoms with Crippen molar-refractivity contribution < 1.29 is 4.42 Å². The lowest BCUT2D eigenvalue weighted by Gasteiger charge is -2.22. The Morgan fingerprint density at radius 2 is 1.22 bits per heavy atom. The Morgan fingerprint density at radius 3 is 2.12 bits per heavy atom. The highest BCUT2D eigenvalue weighted by atomic mass is 16.3. The maximum absolute atomic E-state index is 6.64. The molecule has 59 heavy (non-hydrogen) atoms. The summed E-state index contributed by atoms with van der Waals surface area (Å²) in [7, 11) is 0. The summed E-state index contributed by atoms with van der Waals surface area (Å²) in [6, 6.07) is 52.8. The minimum atomic E-state index is 0.297. The largest absolute Gasteiger partial charge is 0.456 e. The molecule has 0 N–H and O–H groups in total. The third-order valence-electron chi connectivity index (χ3n) is 11.8. The van der Waals surface area contributed by atoms with Gasteiger partial charge < -0.3 is 4.42 Å². The smallest absolute Gasteiger partial charge is 0.164 e. The van der Waals surface area contributed by atoms with Gasteiger partial charge in [0.15, 0.2) is 17.5 Å². The molecule has 10 aromatic rings. The van der Waals surface area contributed by atoms with E-state index in [4.69, 9.17) is 24.4 Å². The number of benzene rings is 7. The normalized spacial score (nSPS) is 14.9. The van der Waals surface area contributed by atoms with Crippen LogP contribution in [0.1, 0.15) is 12.2 Å². The van der Waals surface area contributed by atoms with Crippen molar-refractivity contribution in [2.24, 2.45) is 5.92 Å². The van der Waals surface area contributed by atoms with E-state index in [0.29, 0.717) is 23.4 Å². The maximum Gasteiger partial charge on any atom is 0.164 e. The van der Waals surface area contributed by atoms with Crippen molar-refractivity contribution in [3.8, 4) is 45.2 Å². The van der Waals surface area contributed by atoms with Crippen LogP contribution in [0.25, 0.3) is 105 Å². The molecule has 0 fully saturated rings. The summed E-state index contributed by atoms with van der Waals surface area (Å²) in [4.78, 5) is 20.9. The number of pyridine rings is 1. The van der Waals surface area contributed by atoms with Gasteiger partial charge in [-0.25, -0.2) is 19.9 Å². The fraction of sp³-hybridized carbons (Fsp3) is 0.0370. The summed E-state index contributed by atoms with van der Waals surface area (Å²) in [5.41, 5.74) is 10.9. The quantitative estimate of drug-likeness (QED) is 0.164. The monoisotopic (exact) mass is 754 g/mol. The van der Waals surface area contributed by atoms with Crippen molar-refractivity contribution in [1.29, 1.82) is 0 Å². The van der Waals surface area contributed by atoms with Crippen molar-refractivity contribution in [3.63, 3.8) is 0 Å². The Morgan fingerprint density at radius 1 is 0.492 bits per heavy atom. The first-order valence-corrected chi connectivity index (χ1v) is 20.1. The molecule has 276 valence electrons. The zero-order valence-electron chi connectivity index (χ0n) is 31.9. The van der Waals surface area contributed by atoms with E-state index in [0.717, 1.165) is 99.9 Å². The van der Waals surface area contributed by atoms with Gasteiger partial charge in [0.2, 0.25) is 0 Å². The van der Waals surface area contributed by atoms with Crippen LogP contribution in [0.3, 0.4) is 0 Å². The lowest BCUT2D eigenvalue weighted by atomic mass is 9.84. The minimum absolute atomic E-state index is 0.297. The molecule has 0 radical (unpaired) electrons. The summed E-state index contributed by atoms with van der Waals surface area (Å²) < 4.78 is 6.64. The molecule has 0 aliphatic heterocycles. The SMILES string of the molecule is C1=CC2=C(c3nc(-c4ccc(-c5c6c(cc7c(-c8ccccc8)nc8ccccc8c57)oc5ccccc56)cc4)nc(-c4cccc5ccccc45)n3)C=CCC2C=C1. The standard InChI is InChI=1S/C54H34N4O/c1-2-16-36(17-3-1)51-44-32-47-50(43-23-9-11-27-46(43)59-47)48(49(44)42-22-8-10-26-45(42)55-51)35-28-30-37(31-29-35)52-56-53(40-24-12-18-33-14-4-6-20-38(33)40)58-54(57-52)41-25-13-19-34-15-5-7-21-39(34)41/h1-18,20-32,34H,19H2. The summed E-state index contributed by atoms with van der Waals surface area (Å²) in [5, 5.41) is 7.68. The molecule has 3 aromatic heterocycles. The number of rotatable bonds is 5. The molecule has 5 nitrogen and oxygen atoms in total. The van der Waals surface area contributed by atoms with Crippen LogP contribution in [0.2, 0.25) is 0 Å². The topological polar surface area (TPSA) is 64.7 Å². The molecule has 2 aliphatic rings. The third-order valence-corrected chi connectivity index (χ3v) is 11.8. The van der Waals surface area contributed by atoms with Crippen LogP contribution in [0.15, 0.2) is 198 Å². The number of hydrogen-bond acceptors (Lipinski definition) is 5. The third kappa shape index (κ3) is 5.47. The van der Waals surface area contributed by atoms with E-state index < -0.39 is 0 Å². The molecule has 5 heteroatoms. The Balaban J connectivity index is 1.10. The van der Waals surface area contributed by atoms with Gasteiger partial charge in [0.1, 0.15) is 11.2 Å². The van der Waals surface area contributed by atoms with Gasteiger partial charge in [0, 0.05) is 60.7 Å². The molecule has 0 bridgehead atoms. The number of furan rings is 1. The van der Waals surface area contributed by atoms with E-state index in [2.05, 4.69) is 170 Å². The fourth-order valence-corrected chi connectivity index (χ4v) is 9.09. The van der Waals surface area contributed by atoms with Crippen LogP contribution < -0.4 is 0 Å². The van der Waals surface area contributed by atoms with E-state index in [1.807, 2.05) is 18.2 Å². The van der Waals surface area contributed by atoms with Crippen molar-refractivity contribution in [2.45, 2.75) is 6.42 Å². The molecule has 0 saturated heterocycles. The molecular formula is C54H34N4O.